The fourth-order valence-corrected chi connectivity index (χ4v) is 1.97. The average molecular weight is 230 g/mol. The highest BCUT2D eigenvalue weighted by atomic mass is 19.1. The number of hydrogen-bond donors (Lipinski definition) is 1. The molecule has 0 aliphatic heterocycles. The molecule has 2 nitrogen and oxygen atoms in total. The molecule has 88 valence electrons. The molecule has 0 aliphatic rings. The van der Waals surface area contributed by atoms with Crippen molar-refractivity contribution in [3.05, 3.63) is 65.7 Å². The van der Waals surface area contributed by atoms with Crippen LogP contribution in [0.1, 0.15) is 23.5 Å². The molecule has 1 aromatic carbocycles. The second-order valence-electron chi connectivity index (χ2n) is 3.97. The molecule has 0 amide bonds. The molecular weight excluding hydrogens is 215 g/mol. The van der Waals surface area contributed by atoms with Gasteiger partial charge in [-0.3, -0.25) is 4.98 Å². The number of hydrogen-bond acceptors (Lipinski definition) is 2. The Labute approximate surface area is 100 Å². The molecule has 0 unspecified atom stereocenters. The van der Waals surface area contributed by atoms with Crippen molar-refractivity contribution in [3.63, 3.8) is 0 Å². The zero-order valence-corrected chi connectivity index (χ0v) is 9.51. The molecule has 2 rings (SSSR count). The predicted molar refractivity (Wildman–Crippen MR) is 66.2 cm³/mol. The number of rotatable bonds is 4. The van der Waals surface area contributed by atoms with Crippen LogP contribution in [-0.4, -0.2) is 11.5 Å². The normalized spacial score (nSPS) is 12.4. The zero-order chi connectivity index (χ0) is 12.1. The van der Waals surface area contributed by atoms with Crippen molar-refractivity contribution in [1.29, 1.82) is 0 Å². The van der Waals surface area contributed by atoms with Gasteiger partial charge in [0.15, 0.2) is 0 Å². The summed E-state index contributed by atoms with van der Waals surface area (Å²) in [6.07, 6.45) is 4.41. The van der Waals surface area contributed by atoms with Gasteiger partial charge in [-0.2, -0.15) is 0 Å². The molecule has 0 saturated heterocycles. The highest BCUT2D eigenvalue weighted by molar-refractivity contribution is 5.30. The molecule has 0 radical (unpaired) electrons. The van der Waals surface area contributed by atoms with Crippen molar-refractivity contribution >= 4 is 0 Å². The highest BCUT2D eigenvalue weighted by Crippen LogP contribution is 2.26. The van der Waals surface area contributed by atoms with Crippen LogP contribution in [0.5, 0.6) is 0 Å². The summed E-state index contributed by atoms with van der Waals surface area (Å²) in [4.78, 5) is 4.12. The first kappa shape index (κ1) is 11.7. The maximum atomic E-state index is 12.9. The summed E-state index contributed by atoms with van der Waals surface area (Å²) in [7, 11) is 0. The van der Waals surface area contributed by atoms with Crippen LogP contribution in [-0.2, 0) is 0 Å². The molecule has 2 aromatic rings. The van der Waals surface area contributed by atoms with Gasteiger partial charge >= 0.3 is 0 Å². The topological polar surface area (TPSA) is 38.9 Å². The summed E-state index contributed by atoms with van der Waals surface area (Å²) >= 11 is 0. The largest absolute Gasteiger partial charge is 0.330 e. The van der Waals surface area contributed by atoms with Gasteiger partial charge in [-0.25, -0.2) is 4.39 Å². The van der Waals surface area contributed by atoms with Crippen molar-refractivity contribution in [3.8, 4) is 0 Å². The van der Waals surface area contributed by atoms with E-state index in [0.29, 0.717) is 6.54 Å². The Morgan fingerprint density at radius 2 is 1.88 bits per heavy atom. The lowest BCUT2D eigenvalue weighted by Crippen LogP contribution is -2.09. The molecule has 0 spiro atoms. The van der Waals surface area contributed by atoms with Crippen LogP contribution in [0.25, 0.3) is 0 Å². The second-order valence-corrected chi connectivity index (χ2v) is 3.97. The first-order valence-corrected chi connectivity index (χ1v) is 5.66. The van der Waals surface area contributed by atoms with E-state index < -0.39 is 0 Å². The van der Waals surface area contributed by atoms with E-state index in [1.165, 1.54) is 12.1 Å². The molecule has 1 aromatic heterocycles. The van der Waals surface area contributed by atoms with Crippen LogP contribution in [0.3, 0.4) is 0 Å². The Bertz CT molecular complexity index is 453. The molecule has 0 aliphatic carbocycles. The minimum Gasteiger partial charge on any atom is -0.330 e. The van der Waals surface area contributed by atoms with Crippen LogP contribution in [0.15, 0.2) is 48.8 Å². The maximum Gasteiger partial charge on any atom is 0.123 e. The van der Waals surface area contributed by atoms with Gasteiger partial charge in [-0.15, -0.1) is 0 Å². The lowest BCUT2D eigenvalue weighted by molar-refractivity contribution is 0.625. The lowest BCUT2D eigenvalue weighted by Gasteiger charge is -2.16. The fraction of sp³-hybridized carbons (Fsp3) is 0.214. The summed E-state index contributed by atoms with van der Waals surface area (Å²) in [6.45, 7) is 0.594. The summed E-state index contributed by atoms with van der Waals surface area (Å²) in [5.41, 5.74) is 7.83. The van der Waals surface area contributed by atoms with E-state index in [1.807, 2.05) is 30.5 Å². The van der Waals surface area contributed by atoms with Gasteiger partial charge < -0.3 is 5.73 Å². The molecule has 0 saturated carbocycles. The number of aromatic nitrogens is 1. The van der Waals surface area contributed by atoms with Gasteiger partial charge in [0.2, 0.25) is 0 Å². The Morgan fingerprint density at radius 3 is 2.47 bits per heavy atom. The summed E-state index contributed by atoms with van der Waals surface area (Å²) in [6, 6.07) is 10.5. The third kappa shape index (κ3) is 2.88. The SMILES string of the molecule is NCC[C@H](c1ccc(F)cc1)c1cccnc1. The van der Waals surface area contributed by atoms with Crippen molar-refractivity contribution in [2.24, 2.45) is 5.73 Å². The van der Waals surface area contributed by atoms with Crippen LogP contribution >= 0.6 is 0 Å². The fourth-order valence-electron chi connectivity index (χ4n) is 1.97. The predicted octanol–water partition coefficient (Wildman–Crippen LogP) is 2.70. The third-order valence-corrected chi connectivity index (χ3v) is 2.81. The van der Waals surface area contributed by atoms with Gasteiger partial charge in [0.1, 0.15) is 5.82 Å². The summed E-state index contributed by atoms with van der Waals surface area (Å²) < 4.78 is 12.9. The molecule has 3 heteroatoms. The molecular formula is C14H15FN2. The Kier molecular flexibility index (Phi) is 3.83. The molecule has 0 fully saturated rings. The quantitative estimate of drug-likeness (QED) is 0.877. The zero-order valence-electron chi connectivity index (χ0n) is 9.51. The van der Waals surface area contributed by atoms with Gasteiger partial charge in [0.25, 0.3) is 0 Å². The van der Waals surface area contributed by atoms with E-state index in [1.54, 1.807) is 6.20 Å². The summed E-state index contributed by atoms with van der Waals surface area (Å²) in [5.74, 6) is -0.0271. The molecule has 2 N–H and O–H groups in total. The highest BCUT2D eigenvalue weighted by Gasteiger charge is 2.13. The van der Waals surface area contributed by atoms with E-state index in [2.05, 4.69) is 4.98 Å². The third-order valence-electron chi connectivity index (χ3n) is 2.81. The number of benzene rings is 1. The van der Waals surface area contributed by atoms with Gasteiger partial charge in [0.05, 0.1) is 0 Å². The number of pyridine rings is 1. The first-order chi connectivity index (χ1) is 8.31. The molecule has 1 heterocycles. The Hall–Kier alpha value is -1.74. The van der Waals surface area contributed by atoms with E-state index in [-0.39, 0.29) is 11.7 Å². The van der Waals surface area contributed by atoms with E-state index in [0.717, 1.165) is 17.5 Å². The Morgan fingerprint density at radius 1 is 1.12 bits per heavy atom. The van der Waals surface area contributed by atoms with Crippen LogP contribution in [0.4, 0.5) is 4.39 Å². The maximum absolute atomic E-state index is 12.9. The second kappa shape index (κ2) is 5.55. The number of nitrogens with zero attached hydrogens (tertiary/aromatic N) is 1. The molecule has 17 heavy (non-hydrogen) atoms. The van der Waals surface area contributed by atoms with Crippen molar-refractivity contribution in [2.75, 3.05) is 6.54 Å². The van der Waals surface area contributed by atoms with Crippen LogP contribution in [0, 0.1) is 5.82 Å². The van der Waals surface area contributed by atoms with E-state index in [4.69, 9.17) is 5.73 Å². The number of halogens is 1. The van der Waals surface area contributed by atoms with Crippen LogP contribution < -0.4 is 5.73 Å². The van der Waals surface area contributed by atoms with E-state index >= 15 is 0 Å². The standard InChI is InChI=1S/C14H15FN2/c15-13-5-3-11(4-6-13)14(7-8-16)12-2-1-9-17-10-12/h1-6,9-10,14H,7-8,16H2/t14-/m1/s1. The Balaban J connectivity index is 2.32. The molecule has 0 bridgehead atoms. The monoisotopic (exact) mass is 230 g/mol. The van der Waals surface area contributed by atoms with Crippen molar-refractivity contribution in [1.82, 2.24) is 4.98 Å². The molecule has 1 atom stereocenters. The van der Waals surface area contributed by atoms with Gasteiger partial charge in [-0.1, -0.05) is 18.2 Å². The lowest BCUT2D eigenvalue weighted by atomic mass is 9.89. The van der Waals surface area contributed by atoms with E-state index in [9.17, 15) is 4.39 Å². The smallest absolute Gasteiger partial charge is 0.123 e. The number of nitrogens with two attached hydrogens (primary N) is 1. The first-order valence-electron chi connectivity index (χ1n) is 5.66. The summed E-state index contributed by atoms with van der Waals surface area (Å²) in [5, 5.41) is 0. The van der Waals surface area contributed by atoms with Gasteiger partial charge in [0, 0.05) is 18.3 Å². The van der Waals surface area contributed by atoms with Crippen molar-refractivity contribution < 1.29 is 4.39 Å². The van der Waals surface area contributed by atoms with Crippen molar-refractivity contribution in [2.45, 2.75) is 12.3 Å². The van der Waals surface area contributed by atoms with Gasteiger partial charge in [-0.05, 0) is 42.3 Å². The minimum atomic E-state index is -0.216. The minimum absolute atomic E-state index is 0.189. The van der Waals surface area contributed by atoms with Crippen LogP contribution in [0.2, 0.25) is 0 Å². The average Bonchev–Trinajstić information content (AvgIpc) is 2.38.